The van der Waals surface area contributed by atoms with Crippen LogP contribution >= 0.6 is 0 Å². The standard InChI is InChI=1S/C29H32N4O3S/c1-29(2,3)32-37(35,36)27-19-23(15-16-25(27)22-11-5-4-6-12-22)31-28(34)26-14-7-8-17-33(26)24-13-9-10-21(18-24)20-30/h4-6,9-13,15-16,18-19,26,32H,7-8,14,17H2,1-3H3,(H,31,34). The lowest BCUT2D eigenvalue weighted by molar-refractivity contribution is -0.117. The fourth-order valence-electron chi connectivity index (χ4n) is 4.63. The summed E-state index contributed by atoms with van der Waals surface area (Å²) in [6.45, 7) is 6.07. The third-order valence-corrected chi connectivity index (χ3v) is 7.97. The fourth-order valence-corrected chi connectivity index (χ4v) is 6.30. The van der Waals surface area contributed by atoms with Crippen LogP contribution in [-0.4, -0.2) is 32.5 Å². The number of nitriles is 1. The highest BCUT2D eigenvalue weighted by Gasteiger charge is 2.30. The van der Waals surface area contributed by atoms with Crippen LogP contribution in [0.5, 0.6) is 0 Å². The molecule has 1 heterocycles. The third kappa shape index (κ3) is 6.37. The van der Waals surface area contributed by atoms with Crippen LogP contribution in [0, 0.1) is 11.3 Å². The molecule has 3 aromatic rings. The van der Waals surface area contributed by atoms with E-state index < -0.39 is 21.6 Å². The minimum Gasteiger partial charge on any atom is -0.359 e. The summed E-state index contributed by atoms with van der Waals surface area (Å²) in [6.07, 6.45) is 2.53. The van der Waals surface area contributed by atoms with Crippen molar-refractivity contribution in [3.63, 3.8) is 0 Å². The largest absolute Gasteiger partial charge is 0.359 e. The first-order valence-electron chi connectivity index (χ1n) is 12.4. The predicted octanol–water partition coefficient (Wildman–Crippen LogP) is 5.30. The Labute approximate surface area is 219 Å². The van der Waals surface area contributed by atoms with Gasteiger partial charge in [-0.25, -0.2) is 13.1 Å². The number of benzene rings is 3. The van der Waals surface area contributed by atoms with Crippen molar-refractivity contribution in [1.29, 1.82) is 5.26 Å². The van der Waals surface area contributed by atoms with E-state index in [1.165, 1.54) is 6.07 Å². The van der Waals surface area contributed by atoms with E-state index in [4.69, 9.17) is 0 Å². The Morgan fingerprint density at radius 1 is 1.00 bits per heavy atom. The Hall–Kier alpha value is -3.67. The number of piperidine rings is 1. The van der Waals surface area contributed by atoms with Crippen LogP contribution in [0.25, 0.3) is 11.1 Å². The highest BCUT2D eigenvalue weighted by molar-refractivity contribution is 7.89. The first-order valence-corrected chi connectivity index (χ1v) is 13.9. The highest BCUT2D eigenvalue weighted by Crippen LogP contribution is 2.32. The Bertz CT molecular complexity index is 1420. The van der Waals surface area contributed by atoms with Crippen LogP contribution in [-0.2, 0) is 14.8 Å². The van der Waals surface area contributed by atoms with Gasteiger partial charge >= 0.3 is 0 Å². The molecule has 37 heavy (non-hydrogen) atoms. The van der Waals surface area contributed by atoms with Crippen LogP contribution in [0.2, 0.25) is 0 Å². The molecule has 3 aromatic carbocycles. The number of carbonyl (C=O) groups is 1. The molecule has 1 atom stereocenters. The lowest BCUT2D eigenvalue weighted by atomic mass is 9.99. The number of carbonyl (C=O) groups excluding carboxylic acids is 1. The molecule has 0 saturated carbocycles. The molecular formula is C29H32N4O3S. The Morgan fingerprint density at radius 2 is 1.76 bits per heavy atom. The molecule has 0 aliphatic carbocycles. The average molecular weight is 517 g/mol. The van der Waals surface area contributed by atoms with Gasteiger partial charge in [0.1, 0.15) is 6.04 Å². The number of hydrogen-bond donors (Lipinski definition) is 2. The van der Waals surface area contributed by atoms with Gasteiger partial charge in [-0.15, -0.1) is 0 Å². The predicted molar refractivity (Wildman–Crippen MR) is 147 cm³/mol. The topological polar surface area (TPSA) is 102 Å². The van der Waals surface area contributed by atoms with Gasteiger partial charge in [-0.3, -0.25) is 4.79 Å². The van der Waals surface area contributed by atoms with Gasteiger partial charge in [0.2, 0.25) is 15.9 Å². The molecule has 0 spiro atoms. The Morgan fingerprint density at radius 3 is 2.46 bits per heavy atom. The second-order valence-corrected chi connectivity index (χ2v) is 11.9. The molecule has 4 rings (SSSR count). The summed E-state index contributed by atoms with van der Waals surface area (Å²) in [5.74, 6) is -0.207. The molecule has 1 amide bonds. The summed E-state index contributed by atoms with van der Waals surface area (Å²) in [5.41, 5.74) is 2.44. The van der Waals surface area contributed by atoms with Crippen molar-refractivity contribution in [1.82, 2.24) is 4.72 Å². The van der Waals surface area contributed by atoms with E-state index >= 15 is 0 Å². The molecule has 0 bridgehead atoms. The van der Waals surface area contributed by atoms with Crippen LogP contribution in [0.4, 0.5) is 11.4 Å². The van der Waals surface area contributed by atoms with E-state index in [1.807, 2.05) is 47.4 Å². The van der Waals surface area contributed by atoms with Gasteiger partial charge in [-0.2, -0.15) is 5.26 Å². The van der Waals surface area contributed by atoms with Gasteiger partial charge in [0, 0.05) is 29.0 Å². The van der Waals surface area contributed by atoms with Crippen LogP contribution in [0.15, 0.2) is 77.7 Å². The number of anilines is 2. The lowest BCUT2D eigenvalue weighted by Crippen LogP contribution is -2.47. The van der Waals surface area contributed by atoms with E-state index in [9.17, 15) is 18.5 Å². The maximum Gasteiger partial charge on any atom is 0.247 e. The number of nitrogens with zero attached hydrogens (tertiary/aromatic N) is 2. The van der Waals surface area contributed by atoms with Crippen molar-refractivity contribution >= 4 is 27.3 Å². The molecule has 1 unspecified atom stereocenters. The summed E-state index contributed by atoms with van der Waals surface area (Å²) in [6, 6.07) is 23.3. The van der Waals surface area contributed by atoms with E-state index in [0.29, 0.717) is 29.8 Å². The number of sulfonamides is 1. The number of amides is 1. The summed E-state index contributed by atoms with van der Waals surface area (Å²) < 4.78 is 29.6. The molecule has 0 aromatic heterocycles. The van der Waals surface area contributed by atoms with Gasteiger partial charge in [-0.1, -0.05) is 42.5 Å². The van der Waals surface area contributed by atoms with Crippen LogP contribution in [0.1, 0.15) is 45.6 Å². The smallest absolute Gasteiger partial charge is 0.247 e. The van der Waals surface area contributed by atoms with E-state index in [2.05, 4.69) is 16.1 Å². The summed E-state index contributed by atoms with van der Waals surface area (Å²) in [7, 11) is -3.88. The summed E-state index contributed by atoms with van der Waals surface area (Å²) in [4.78, 5) is 15.6. The van der Waals surface area contributed by atoms with Crippen molar-refractivity contribution in [2.75, 3.05) is 16.8 Å². The molecule has 7 nitrogen and oxygen atoms in total. The zero-order valence-corrected chi connectivity index (χ0v) is 22.2. The van der Waals surface area contributed by atoms with Gasteiger partial charge in [0.15, 0.2) is 0 Å². The van der Waals surface area contributed by atoms with Crippen molar-refractivity contribution in [3.05, 3.63) is 78.4 Å². The number of nitrogens with one attached hydrogen (secondary N) is 2. The Balaban J connectivity index is 1.67. The Kier molecular flexibility index (Phi) is 7.67. The zero-order valence-electron chi connectivity index (χ0n) is 21.4. The van der Waals surface area contributed by atoms with Crippen LogP contribution < -0.4 is 14.9 Å². The van der Waals surface area contributed by atoms with E-state index in [-0.39, 0.29) is 10.8 Å². The normalized spacial score (nSPS) is 16.2. The molecule has 8 heteroatoms. The third-order valence-electron chi connectivity index (χ3n) is 6.18. The van der Waals surface area contributed by atoms with Gasteiger partial charge in [0.25, 0.3) is 0 Å². The average Bonchev–Trinajstić information content (AvgIpc) is 2.88. The van der Waals surface area contributed by atoms with Crippen molar-refractivity contribution in [2.24, 2.45) is 0 Å². The fraction of sp³-hybridized carbons (Fsp3) is 0.310. The lowest BCUT2D eigenvalue weighted by Gasteiger charge is -2.36. The zero-order chi connectivity index (χ0) is 26.6. The second kappa shape index (κ2) is 10.8. The summed E-state index contributed by atoms with van der Waals surface area (Å²) >= 11 is 0. The first kappa shape index (κ1) is 26.4. The molecule has 1 aliphatic rings. The molecule has 192 valence electrons. The number of rotatable bonds is 6. The maximum atomic E-state index is 13.5. The monoisotopic (exact) mass is 516 g/mol. The number of hydrogen-bond acceptors (Lipinski definition) is 5. The second-order valence-electron chi connectivity index (χ2n) is 10.3. The van der Waals surface area contributed by atoms with Gasteiger partial charge in [0.05, 0.1) is 16.5 Å². The first-order chi connectivity index (χ1) is 17.6. The summed E-state index contributed by atoms with van der Waals surface area (Å²) in [5, 5.41) is 12.3. The van der Waals surface area contributed by atoms with Crippen molar-refractivity contribution in [3.8, 4) is 17.2 Å². The maximum absolute atomic E-state index is 13.5. The van der Waals surface area contributed by atoms with Crippen molar-refractivity contribution in [2.45, 2.75) is 56.5 Å². The highest BCUT2D eigenvalue weighted by atomic mass is 32.2. The molecular weight excluding hydrogens is 484 g/mol. The van der Waals surface area contributed by atoms with Crippen molar-refractivity contribution < 1.29 is 13.2 Å². The van der Waals surface area contributed by atoms with Gasteiger partial charge < -0.3 is 10.2 Å². The van der Waals surface area contributed by atoms with E-state index in [1.54, 1.807) is 45.0 Å². The van der Waals surface area contributed by atoms with E-state index in [0.717, 1.165) is 24.1 Å². The minimum absolute atomic E-state index is 0.105. The SMILES string of the molecule is CC(C)(C)NS(=O)(=O)c1cc(NC(=O)C2CCCCN2c2cccc(C#N)c2)ccc1-c1ccccc1. The molecule has 1 aliphatic heterocycles. The van der Waals surface area contributed by atoms with Crippen LogP contribution in [0.3, 0.4) is 0 Å². The van der Waals surface area contributed by atoms with Gasteiger partial charge in [-0.05, 0) is 75.9 Å². The minimum atomic E-state index is -3.88. The molecule has 2 N–H and O–H groups in total. The quantitative estimate of drug-likeness (QED) is 0.463. The molecule has 1 fully saturated rings. The molecule has 1 saturated heterocycles. The molecule has 0 radical (unpaired) electrons.